The molecule has 0 N–H and O–H groups in total. The minimum Gasteiger partial charge on any atom is -0.481 e. The summed E-state index contributed by atoms with van der Waals surface area (Å²) >= 11 is 0. The van der Waals surface area contributed by atoms with Gasteiger partial charge in [0.15, 0.2) is 6.10 Å². The average Bonchev–Trinajstić information content (AvgIpc) is 2.67. The van der Waals surface area contributed by atoms with Gasteiger partial charge in [0.05, 0.1) is 12.5 Å². The number of benzene rings is 1. The zero-order valence-electron chi connectivity index (χ0n) is 15.8. The molecule has 26 heavy (non-hydrogen) atoms. The molecule has 1 heterocycles. The summed E-state index contributed by atoms with van der Waals surface area (Å²) in [6.45, 7) is 5.19. The van der Waals surface area contributed by atoms with E-state index in [1.165, 1.54) is 24.0 Å². The van der Waals surface area contributed by atoms with Crippen molar-refractivity contribution in [2.75, 3.05) is 19.7 Å². The quantitative estimate of drug-likeness (QED) is 0.758. The van der Waals surface area contributed by atoms with Crippen LogP contribution in [-0.4, -0.2) is 42.6 Å². The van der Waals surface area contributed by atoms with E-state index in [4.69, 9.17) is 9.47 Å². The maximum atomic E-state index is 12.7. The summed E-state index contributed by atoms with van der Waals surface area (Å²) in [6.07, 6.45) is 5.52. The molecular weight excluding hydrogens is 330 g/mol. The highest BCUT2D eigenvalue weighted by Crippen LogP contribution is 2.26. The Morgan fingerprint density at radius 3 is 2.54 bits per heavy atom. The number of rotatable bonds is 5. The van der Waals surface area contributed by atoms with Crippen LogP contribution in [0.1, 0.15) is 50.7 Å². The highest BCUT2D eigenvalue weighted by atomic mass is 16.5. The third-order valence-corrected chi connectivity index (χ3v) is 5.41. The zero-order chi connectivity index (χ0) is 18.5. The smallest absolute Gasteiger partial charge is 0.309 e. The number of carbonyl (C=O) groups is 2. The number of piperidine rings is 1. The number of nitrogens with zero attached hydrogens (tertiary/aromatic N) is 1. The molecule has 5 nitrogen and oxygen atoms in total. The monoisotopic (exact) mass is 359 g/mol. The Hall–Kier alpha value is -2.04. The molecule has 0 aromatic heterocycles. The Kier molecular flexibility index (Phi) is 6.17. The van der Waals surface area contributed by atoms with E-state index in [0.717, 1.165) is 18.6 Å². The second kappa shape index (κ2) is 8.56. The molecule has 0 bridgehead atoms. The van der Waals surface area contributed by atoms with Crippen LogP contribution >= 0.6 is 0 Å². The van der Waals surface area contributed by atoms with Gasteiger partial charge in [-0.15, -0.1) is 0 Å². The van der Waals surface area contributed by atoms with Crippen molar-refractivity contribution in [3.8, 4) is 5.75 Å². The van der Waals surface area contributed by atoms with Gasteiger partial charge in [-0.05, 0) is 75.6 Å². The molecule has 1 fully saturated rings. The van der Waals surface area contributed by atoms with Crippen molar-refractivity contribution in [2.24, 2.45) is 5.92 Å². The second-order valence-corrected chi connectivity index (χ2v) is 7.25. The van der Waals surface area contributed by atoms with Gasteiger partial charge in [0.1, 0.15) is 5.75 Å². The number of esters is 1. The topological polar surface area (TPSA) is 55.8 Å². The van der Waals surface area contributed by atoms with Crippen molar-refractivity contribution in [2.45, 2.75) is 58.5 Å². The molecular formula is C21H29NO4. The molecule has 1 aliphatic carbocycles. The Morgan fingerprint density at radius 1 is 1.15 bits per heavy atom. The summed E-state index contributed by atoms with van der Waals surface area (Å²) in [4.78, 5) is 26.3. The molecule has 1 aliphatic heterocycles. The van der Waals surface area contributed by atoms with Crippen molar-refractivity contribution >= 4 is 11.9 Å². The van der Waals surface area contributed by atoms with E-state index >= 15 is 0 Å². The van der Waals surface area contributed by atoms with Gasteiger partial charge in [-0.1, -0.05) is 6.07 Å². The molecule has 142 valence electrons. The molecule has 5 heteroatoms. The Morgan fingerprint density at radius 2 is 1.85 bits per heavy atom. The lowest BCUT2D eigenvalue weighted by Crippen LogP contribution is -2.45. The third-order valence-electron chi connectivity index (χ3n) is 5.41. The summed E-state index contributed by atoms with van der Waals surface area (Å²) in [7, 11) is 0. The molecule has 0 saturated carbocycles. The number of ether oxygens (including phenoxy) is 2. The Labute approximate surface area is 155 Å². The van der Waals surface area contributed by atoms with Gasteiger partial charge in [-0.3, -0.25) is 9.59 Å². The number of hydrogen-bond acceptors (Lipinski definition) is 4. The molecule has 0 spiro atoms. The van der Waals surface area contributed by atoms with Crippen LogP contribution in [0, 0.1) is 5.92 Å². The van der Waals surface area contributed by atoms with Crippen LogP contribution in [0.2, 0.25) is 0 Å². The average molecular weight is 359 g/mol. The van der Waals surface area contributed by atoms with Gasteiger partial charge in [0.2, 0.25) is 0 Å². The van der Waals surface area contributed by atoms with Crippen LogP contribution in [0.3, 0.4) is 0 Å². The molecule has 1 saturated heterocycles. The Bertz CT molecular complexity index is 649. The predicted octanol–water partition coefficient (Wildman–Crippen LogP) is 3.13. The number of hydrogen-bond donors (Lipinski definition) is 0. The standard InChI is InChI=1S/C21H29NO4/c1-3-25-21(24)17-10-12-22(13-11-17)20(23)15(2)26-19-9-8-16-6-4-5-7-18(16)14-19/h8-9,14-15,17H,3-7,10-13H2,1-2H3/t15-/m0/s1. The van der Waals surface area contributed by atoms with Crippen molar-refractivity contribution in [1.82, 2.24) is 4.90 Å². The number of aryl methyl sites for hydroxylation is 2. The van der Waals surface area contributed by atoms with Crippen LogP contribution in [0.4, 0.5) is 0 Å². The van der Waals surface area contributed by atoms with Gasteiger partial charge in [-0.2, -0.15) is 0 Å². The minimum atomic E-state index is -0.518. The molecule has 3 rings (SSSR count). The van der Waals surface area contributed by atoms with Crippen LogP contribution in [0.5, 0.6) is 5.75 Å². The summed E-state index contributed by atoms with van der Waals surface area (Å²) in [5.41, 5.74) is 2.76. The highest BCUT2D eigenvalue weighted by Gasteiger charge is 2.30. The first-order chi connectivity index (χ1) is 12.6. The van der Waals surface area contributed by atoms with Crippen molar-refractivity contribution in [1.29, 1.82) is 0 Å². The number of amides is 1. The molecule has 0 unspecified atom stereocenters. The number of fused-ring (bicyclic) bond motifs is 1. The molecule has 2 aliphatic rings. The molecule has 1 amide bonds. The SMILES string of the molecule is CCOC(=O)C1CCN(C(=O)[C@H](C)Oc2ccc3c(c2)CCCC3)CC1. The van der Waals surface area contributed by atoms with E-state index in [1.807, 2.05) is 13.0 Å². The van der Waals surface area contributed by atoms with Crippen LogP contribution < -0.4 is 4.74 Å². The maximum absolute atomic E-state index is 12.7. The predicted molar refractivity (Wildman–Crippen MR) is 99.1 cm³/mol. The van der Waals surface area contributed by atoms with E-state index in [9.17, 15) is 9.59 Å². The minimum absolute atomic E-state index is 0.00923. The van der Waals surface area contributed by atoms with E-state index < -0.39 is 6.10 Å². The van der Waals surface area contributed by atoms with Crippen LogP contribution in [0.25, 0.3) is 0 Å². The second-order valence-electron chi connectivity index (χ2n) is 7.25. The fourth-order valence-corrected chi connectivity index (χ4v) is 3.89. The van der Waals surface area contributed by atoms with E-state index in [1.54, 1.807) is 11.8 Å². The first kappa shape index (κ1) is 18.7. The Balaban J connectivity index is 1.53. The number of likely N-dealkylation sites (tertiary alicyclic amines) is 1. The summed E-state index contributed by atoms with van der Waals surface area (Å²) in [6, 6.07) is 6.19. The van der Waals surface area contributed by atoms with E-state index in [0.29, 0.717) is 32.5 Å². The lowest BCUT2D eigenvalue weighted by molar-refractivity contribution is -0.152. The normalized spacial score (nSPS) is 18.8. The van der Waals surface area contributed by atoms with Crippen molar-refractivity contribution in [3.63, 3.8) is 0 Å². The number of carbonyl (C=O) groups excluding carboxylic acids is 2. The van der Waals surface area contributed by atoms with Gasteiger partial charge in [0.25, 0.3) is 5.91 Å². The molecule has 1 aromatic carbocycles. The molecule has 1 atom stereocenters. The van der Waals surface area contributed by atoms with E-state index in [-0.39, 0.29) is 17.8 Å². The lowest BCUT2D eigenvalue weighted by atomic mass is 9.92. The fourth-order valence-electron chi connectivity index (χ4n) is 3.89. The first-order valence-corrected chi connectivity index (χ1v) is 9.82. The summed E-state index contributed by atoms with van der Waals surface area (Å²) in [5.74, 6) is 0.534. The first-order valence-electron chi connectivity index (χ1n) is 9.82. The molecule has 0 radical (unpaired) electrons. The highest BCUT2D eigenvalue weighted by molar-refractivity contribution is 5.81. The van der Waals surface area contributed by atoms with Gasteiger partial charge >= 0.3 is 5.97 Å². The third kappa shape index (κ3) is 4.37. The van der Waals surface area contributed by atoms with Crippen molar-refractivity contribution in [3.05, 3.63) is 29.3 Å². The molecule has 1 aromatic rings. The van der Waals surface area contributed by atoms with Gasteiger partial charge < -0.3 is 14.4 Å². The maximum Gasteiger partial charge on any atom is 0.309 e. The van der Waals surface area contributed by atoms with Crippen LogP contribution in [-0.2, 0) is 27.2 Å². The van der Waals surface area contributed by atoms with Gasteiger partial charge in [0, 0.05) is 13.1 Å². The lowest BCUT2D eigenvalue weighted by Gasteiger charge is -2.32. The fraction of sp³-hybridized carbons (Fsp3) is 0.619. The zero-order valence-corrected chi connectivity index (χ0v) is 15.8. The largest absolute Gasteiger partial charge is 0.481 e. The van der Waals surface area contributed by atoms with Crippen molar-refractivity contribution < 1.29 is 19.1 Å². The van der Waals surface area contributed by atoms with E-state index in [2.05, 4.69) is 12.1 Å². The van der Waals surface area contributed by atoms with Gasteiger partial charge in [-0.25, -0.2) is 0 Å². The van der Waals surface area contributed by atoms with Crippen LogP contribution in [0.15, 0.2) is 18.2 Å². The summed E-state index contributed by atoms with van der Waals surface area (Å²) in [5, 5.41) is 0. The summed E-state index contributed by atoms with van der Waals surface area (Å²) < 4.78 is 11.0.